The molecule has 0 unspecified atom stereocenters. The third kappa shape index (κ3) is 1.95. The Morgan fingerprint density at radius 2 is 2.00 bits per heavy atom. The molecule has 0 aliphatic heterocycles. The zero-order chi connectivity index (χ0) is 14.4. The summed E-state index contributed by atoms with van der Waals surface area (Å²) in [6.07, 6.45) is 6.84. The minimum Gasteiger partial charge on any atom is -0.467 e. The van der Waals surface area contributed by atoms with E-state index in [4.69, 9.17) is 4.74 Å². The van der Waals surface area contributed by atoms with Gasteiger partial charge in [0, 0.05) is 24.0 Å². The Bertz CT molecular complexity index is 862. The smallest absolute Gasteiger partial charge is 0.329 e. The summed E-state index contributed by atoms with van der Waals surface area (Å²) in [6.45, 7) is 0. The highest BCUT2D eigenvalue weighted by Crippen LogP contribution is 2.35. The van der Waals surface area contributed by atoms with Crippen LogP contribution in [0.2, 0.25) is 0 Å². The van der Waals surface area contributed by atoms with Crippen molar-refractivity contribution in [3.63, 3.8) is 0 Å². The van der Waals surface area contributed by atoms with E-state index in [0.29, 0.717) is 23.0 Å². The van der Waals surface area contributed by atoms with Gasteiger partial charge in [-0.1, -0.05) is 0 Å². The average molecular weight is 284 g/mol. The fourth-order valence-electron chi connectivity index (χ4n) is 2.26. The lowest BCUT2D eigenvalue weighted by molar-refractivity contribution is 0.380. The van der Waals surface area contributed by atoms with Crippen molar-refractivity contribution in [2.75, 3.05) is 7.11 Å². The number of aromatic amines is 1. The minimum atomic E-state index is -0.157. The lowest BCUT2D eigenvalue weighted by atomic mass is 10.2. The van der Waals surface area contributed by atoms with Crippen LogP contribution in [0.4, 0.5) is 0 Å². The van der Waals surface area contributed by atoms with Crippen LogP contribution in [0.1, 0.15) is 18.9 Å². The predicted octanol–water partition coefficient (Wildman–Crippen LogP) is 0.920. The molecule has 21 heavy (non-hydrogen) atoms. The molecule has 0 aromatic carbocycles. The molecule has 8 heteroatoms. The van der Waals surface area contributed by atoms with Crippen LogP contribution in [0, 0.1) is 0 Å². The van der Waals surface area contributed by atoms with Crippen LogP contribution in [0.25, 0.3) is 22.6 Å². The highest BCUT2D eigenvalue weighted by atomic mass is 16.5. The van der Waals surface area contributed by atoms with Gasteiger partial charge in [-0.25, -0.2) is 24.7 Å². The van der Waals surface area contributed by atoms with Crippen LogP contribution >= 0.6 is 0 Å². The van der Waals surface area contributed by atoms with Crippen molar-refractivity contribution in [2.24, 2.45) is 0 Å². The molecule has 4 rings (SSSR count). The molecule has 0 atom stereocenters. The second-order valence-electron chi connectivity index (χ2n) is 4.92. The first kappa shape index (κ1) is 12.0. The van der Waals surface area contributed by atoms with Gasteiger partial charge in [-0.3, -0.25) is 9.55 Å². The molecule has 0 amide bonds. The summed E-state index contributed by atoms with van der Waals surface area (Å²) in [6, 6.07) is 0.534. The van der Waals surface area contributed by atoms with Gasteiger partial charge in [0.15, 0.2) is 11.3 Å². The summed E-state index contributed by atoms with van der Waals surface area (Å²) < 4.78 is 6.61. The van der Waals surface area contributed by atoms with E-state index < -0.39 is 0 Å². The largest absolute Gasteiger partial charge is 0.467 e. The molecule has 1 saturated carbocycles. The van der Waals surface area contributed by atoms with E-state index >= 15 is 0 Å². The van der Waals surface area contributed by atoms with E-state index in [1.807, 2.05) is 0 Å². The summed E-state index contributed by atoms with van der Waals surface area (Å²) >= 11 is 0. The minimum absolute atomic E-state index is 0.157. The van der Waals surface area contributed by atoms with Crippen LogP contribution in [-0.2, 0) is 0 Å². The molecule has 1 aliphatic rings. The SMILES string of the molecule is COc1ncc(-c2cnc3[nH]c(=O)n(C4CC4)c3n2)cn1. The van der Waals surface area contributed by atoms with Crippen molar-refractivity contribution in [1.29, 1.82) is 0 Å². The standard InChI is InChI=1S/C13H12N6O2/c1-21-12-15-4-7(5-16-12)9-6-14-10-11(17-9)19(8-2-3-8)13(20)18-10/h4-6,8H,2-3H2,1H3,(H,14,18,20). The number of methoxy groups -OCH3 is 1. The molecule has 1 aliphatic carbocycles. The molecule has 1 fully saturated rings. The van der Waals surface area contributed by atoms with Gasteiger partial charge in [0.05, 0.1) is 19.0 Å². The second kappa shape index (κ2) is 4.37. The molecule has 106 valence electrons. The van der Waals surface area contributed by atoms with Gasteiger partial charge in [0.1, 0.15) is 0 Å². The summed E-state index contributed by atoms with van der Waals surface area (Å²) in [5.74, 6) is 0. The molecule has 8 nitrogen and oxygen atoms in total. The van der Waals surface area contributed by atoms with Gasteiger partial charge in [-0.15, -0.1) is 0 Å². The zero-order valence-electron chi connectivity index (χ0n) is 11.3. The number of rotatable bonds is 3. The Labute approximate surface area is 118 Å². The van der Waals surface area contributed by atoms with E-state index in [1.165, 1.54) is 7.11 Å². The lowest BCUT2D eigenvalue weighted by Crippen LogP contribution is -2.15. The van der Waals surface area contributed by atoms with E-state index in [2.05, 4.69) is 24.9 Å². The van der Waals surface area contributed by atoms with Crippen molar-refractivity contribution in [3.8, 4) is 17.3 Å². The maximum Gasteiger partial charge on any atom is 0.329 e. The molecule has 0 saturated heterocycles. The van der Waals surface area contributed by atoms with Crippen LogP contribution in [0.5, 0.6) is 6.01 Å². The number of hydrogen-bond donors (Lipinski definition) is 1. The molecule has 0 spiro atoms. The fourth-order valence-corrected chi connectivity index (χ4v) is 2.26. The Hall–Kier alpha value is -2.77. The highest BCUT2D eigenvalue weighted by molar-refractivity contribution is 5.70. The molecule has 1 N–H and O–H groups in total. The van der Waals surface area contributed by atoms with Crippen LogP contribution < -0.4 is 10.4 Å². The maximum atomic E-state index is 11.9. The first-order valence-electron chi connectivity index (χ1n) is 6.60. The topological polar surface area (TPSA) is 98.6 Å². The first-order valence-corrected chi connectivity index (χ1v) is 6.60. The average Bonchev–Trinajstić information content (AvgIpc) is 3.29. The van der Waals surface area contributed by atoms with Crippen LogP contribution in [0.3, 0.4) is 0 Å². The quantitative estimate of drug-likeness (QED) is 0.768. The van der Waals surface area contributed by atoms with Gasteiger partial charge < -0.3 is 4.74 Å². The van der Waals surface area contributed by atoms with Gasteiger partial charge in [-0.05, 0) is 12.8 Å². The Morgan fingerprint density at radius 3 is 2.67 bits per heavy atom. The van der Waals surface area contributed by atoms with E-state index in [1.54, 1.807) is 23.2 Å². The molecule has 3 aromatic rings. The third-order valence-electron chi connectivity index (χ3n) is 3.44. The number of nitrogens with zero attached hydrogens (tertiary/aromatic N) is 5. The van der Waals surface area contributed by atoms with Crippen LogP contribution in [0.15, 0.2) is 23.4 Å². The summed E-state index contributed by atoms with van der Waals surface area (Å²) in [5.41, 5.74) is 2.27. The van der Waals surface area contributed by atoms with Gasteiger partial charge in [0.2, 0.25) is 0 Å². The third-order valence-corrected chi connectivity index (χ3v) is 3.44. The number of ether oxygens (including phenoxy) is 1. The van der Waals surface area contributed by atoms with E-state index in [-0.39, 0.29) is 11.7 Å². The molecular formula is C13H12N6O2. The normalized spacial score (nSPS) is 14.5. The molecule has 0 bridgehead atoms. The van der Waals surface area contributed by atoms with Crippen molar-refractivity contribution in [1.82, 2.24) is 29.5 Å². The highest BCUT2D eigenvalue weighted by Gasteiger charge is 2.28. The zero-order valence-corrected chi connectivity index (χ0v) is 11.3. The maximum absolute atomic E-state index is 11.9. The molecule has 0 radical (unpaired) electrons. The molecular weight excluding hydrogens is 272 g/mol. The van der Waals surface area contributed by atoms with Gasteiger partial charge in [-0.2, -0.15) is 0 Å². The predicted molar refractivity (Wildman–Crippen MR) is 74.0 cm³/mol. The number of aromatic nitrogens is 6. The van der Waals surface area contributed by atoms with Crippen molar-refractivity contribution in [3.05, 3.63) is 29.1 Å². The Morgan fingerprint density at radius 1 is 1.24 bits per heavy atom. The van der Waals surface area contributed by atoms with Gasteiger partial charge >= 0.3 is 11.7 Å². The van der Waals surface area contributed by atoms with Crippen LogP contribution in [-0.4, -0.2) is 36.6 Å². The Kier molecular flexibility index (Phi) is 2.50. The molecule has 3 aromatic heterocycles. The van der Waals surface area contributed by atoms with Crippen molar-refractivity contribution < 1.29 is 4.74 Å². The number of fused-ring (bicyclic) bond motifs is 1. The lowest BCUT2D eigenvalue weighted by Gasteiger charge is -2.03. The summed E-state index contributed by atoms with van der Waals surface area (Å²) in [4.78, 5) is 31.6. The van der Waals surface area contributed by atoms with Crippen molar-refractivity contribution in [2.45, 2.75) is 18.9 Å². The molecule has 3 heterocycles. The number of H-pyrrole nitrogens is 1. The second-order valence-corrected chi connectivity index (χ2v) is 4.92. The number of hydrogen-bond acceptors (Lipinski definition) is 6. The summed E-state index contributed by atoms with van der Waals surface area (Å²) in [7, 11) is 1.51. The first-order chi connectivity index (χ1) is 10.3. The monoisotopic (exact) mass is 284 g/mol. The number of imidazole rings is 1. The van der Waals surface area contributed by atoms with E-state index in [9.17, 15) is 4.79 Å². The number of nitrogens with one attached hydrogen (secondary N) is 1. The van der Waals surface area contributed by atoms with Gasteiger partial charge in [0.25, 0.3) is 0 Å². The Balaban J connectivity index is 1.85. The van der Waals surface area contributed by atoms with E-state index in [0.717, 1.165) is 18.4 Å². The van der Waals surface area contributed by atoms with Crippen molar-refractivity contribution >= 4 is 11.3 Å². The summed E-state index contributed by atoms with van der Waals surface area (Å²) in [5, 5.41) is 0. The fraction of sp³-hybridized carbons (Fsp3) is 0.308.